The number of rotatable bonds is 3. The van der Waals surface area contributed by atoms with Crippen LogP contribution in [0, 0.1) is 0 Å². The fraction of sp³-hybridized carbons (Fsp3) is 0.400. The van der Waals surface area contributed by atoms with Crippen LogP contribution in [0.3, 0.4) is 0 Å². The van der Waals surface area contributed by atoms with Crippen molar-refractivity contribution in [1.29, 1.82) is 0 Å². The summed E-state index contributed by atoms with van der Waals surface area (Å²) in [6.45, 7) is 4.05. The number of aryl methyl sites for hydroxylation is 2. The molecule has 84 valence electrons. The largest absolute Gasteiger partial charge is 0.224 e. The van der Waals surface area contributed by atoms with Crippen LogP contribution in [0.1, 0.15) is 25.5 Å². The highest BCUT2D eigenvalue weighted by molar-refractivity contribution is 6.29. The van der Waals surface area contributed by atoms with E-state index in [2.05, 4.69) is 20.1 Å². The van der Waals surface area contributed by atoms with Gasteiger partial charge in [-0.3, -0.25) is 0 Å². The molecule has 0 fully saturated rings. The molecule has 0 aliphatic rings. The van der Waals surface area contributed by atoms with Crippen LogP contribution in [-0.2, 0) is 12.8 Å². The zero-order valence-corrected chi connectivity index (χ0v) is 9.94. The lowest BCUT2D eigenvalue weighted by atomic mass is 10.4. The molecule has 5 nitrogen and oxygen atoms in total. The molecular weight excluding hydrogens is 226 g/mol. The molecule has 2 heterocycles. The average Bonchev–Trinajstić information content (AvgIpc) is 2.72. The van der Waals surface area contributed by atoms with Crippen molar-refractivity contribution in [1.82, 2.24) is 24.7 Å². The smallest absolute Gasteiger partial charge is 0.160 e. The summed E-state index contributed by atoms with van der Waals surface area (Å²) < 4.78 is 1.71. The Morgan fingerprint density at radius 3 is 2.69 bits per heavy atom. The van der Waals surface area contributed by atoms with Crippen molar-refractivity contribution in [2.45, 2.75) is 26.7 Å². The van der Waals surface area contributed by atoms with Gasteiger partial charge in [0.25, 0.3) is 0 Å². The lowest BCUT2D eigenvalue weighted by Gasteiger charge is -2.02. The molecular formula is C10H12ClN5. The summed E-state index contributed by atoms with van der Waals surface area (Å²) in [5.74, 6) is 2.35. The summed E-state index contributed by atoms with van der Waals surface area (Å²) in [5, 5.41) is 4.77. The molecule has 0 aliphatic carbocycles. The molecule has 0 spiro atoms. The van der Waals surface area contributed by atoms with Crippen molar-refractivity contribution in [2.75, 3.05) is 0 Å². The number of aromatic nitrogens is 5. The predicted octanol–water partition coefficient (Wildman–Crippen LogP) is 1.84. The molecule has 2 aromatic rings. The van der Waals surface area contributed by atoms with Gasteiger partial charge in [-0.25, -0.2) is 15.0 Å². The first-order valence-electron chi connectivity index (χ1n) is 5.17. The maximum atomic E-state index is 5.82. The van der Waals surface area contributed by atoms with Crippen LogP contribution in [0.15, 0.2) is 12.4 Å². The van der Waals surface area contributed by atoms with Crippen LogP contribution in [0.25, 0.3) is 5.82 Å². The molecule has 0 bridgehead atoms. The molecule has 0 aliphatic heterocycles. The highest BCUT2D eigenvalue weighted by Crippen LogP contribution is 2.11. The molecule has 2 rings (SSSR count). The molecule has 0 saturated carbocycles. The Balaban J connectivity index is 2.50. The molecule has 2 aromatic heterocycles. The Morgan fingerprint density at radius 1 is 1.25 bits per heavy atom. The Bertz CT molecular complexity index is 494. The summed E-state index contributed by atoms with van der Waals surface area (Å²) >= 11 is 5.82. The van der Waals surface area contributed by atoms with E-state index >= 15 is 0 Å². The van der Waals surface area contributed by atoms with E-state index < -0.39 is 0 Å². The van der Waals surface area contributed by atoms with E-state index in [9.17, 15) is 0 Å². The summed E-state index contributed by atoms with van der Waals surface area (Å²) in [5.41, 5.74) is 0. The molecule has 16 heavy (non-hydrogen) atoms. The highest BCUT2D eigenvalue weighted by Gasteiger charge is 2.10. The Hall–Kier alpha value is -1.49. The molecule has 0 amide bonds. The van der Waals surface area contributed by atoms with Gasteiger partial charge < -0.3 is 0 Å². The topological polar surface area (TPSA) is 56.5 Å². The fourth-order valence-corrected chi connectivity index (χ4v) is 1.54. The molecule has 6 heteroatoms. The Morgan fingerprint density at radius 2 is 2.06 bits per heavy atom. The minimum absolute atomic E-state index is 0.403. The van der Waals surface area contributed by atoms with Gasteiger partial charge in [-0.15, -0.1) is 5.10 Å². The van der Waals surface area contributed by atoms with Crippen molar-refractivity contribution < 1.29 is 0 Å². The van der Waals surface area contributed by atoms with Gasteiger partial charge in [0.2, 0.25) is 0 Å². The quantitative estimate of drug-likeness (QED) is 0.765. The van der Waals surface area contributed by atoms with Gasteiger partial charge in [0.05, 0.1) is 0 Å². The predicted molar refractivity (Wildman–Crippen MR) is 60.7 cm³/mol. The van der Waals surface area contributed by atoms with Gasteiger partial charge in [-0.2, -0.15) is 4.68 Å². The second-order valence-corrected chi connectivity index (χ2v) is 3.65. The van der Waals surface area contributed by atoms with Crippen LogP contribution >= 0.6 is 11.6 Å². The minimum atomic E-state index is 0.403. The first kappa shape index (κ1) is 11.0. The zero-order valence-electron chi connectivity index (χ0n) is 9.18. The van der Waals surface area contributed by atoms with Crippen LogP contribution in [0.4, 0.5) is 0 Å². The Labute approximate surface area is 98.5 Å². The first-order valence-corrected chi connectivity index (χ1v) is 5.55. The van der Waals surface area contributed by atoms with Gasteiger partial charge >= 0.3 is 0 Å². The van der Waals surface area contributed by atoms with Crippen molar-refractivity contribution in [3.8, 4) is 5.82 Å². The molecule has 0 atom stereocenters. The van der Waals surface area contributed by atoms with Gasteiger partial charge in [0, 0.05) is 18.9 Å². The number of hydrogen-bond acceptors (Lipinski definition) is 4. The van der Waals surface area contributed by atoms with Gasteiger partial charge in [0.15, 0.2) is 11.6 Å². The average molecular weight is 238 g/mol. The lowest BCUT2D eigenvalue weighted by molar-refractivity contribution is 0.765. The number of hydrogen-bond donors (Lipinski definition) is 0. The summed E-state index contributed by atoms with van der Waals surface area (Å²) in [6, 6.07) is 1.68. The highest BCUT2D eigenvalue weighted by atomic mass is 35.5. The third kappa shape index (κ3) is 2.04. The van der Waals surface area contributed by atoms with Crippen molar-refractivity contribution >= 4 is 11.6 Å². The monoisotopic (exact) mass is 237 g/mol. The molecule has 0 unspecified atom stereocenters. The number of halogens is 1. The van der Waals surface area contributed by atoms with Crippen molar-refractivity contribution in [2.24, 2.45) is 0 Å². The zero-order chi connectivity index (χ0) is 11.5. The standard InChI is InChI=1S/C10H12ClN5/c1-3-8-14-9(4-2)16(15-8)10-5-7(11)12-6-13-10/h5-6H,3-4H2,1-2H3. The third-order valence-electron chi connectivity index (χ3n) is 2.19. The van der Waals surface area contributed by atoms with Crippen LogP contribution in [0.2, 0.25) is 5.15 Å². The Kier molecular flexibility index (Phi) is 3.14. The van der Waals surface area contributed by atoms with E-state index in [-0.39, 0.29) is 0 Å². The SMILES string of the molecule is CCc1nc(CC)n(-c2cc(Cl)ncn2)n1. The van der Waals surface area contributed by atoms with Crippen LogP contribution in [0.5, 0.6) is 0 Å². The van der Waals surface area contributed by atoms with Gasteiger partial charge in [-0.1, -0.05) is 25.4 Å². The summed E-state index contributed by atoms with van der Waals surface area (Å²) in [7, 11) is 0. The second kappa shape index (κ2) is 4.57. The minimum Gasteiger partial charge on any atom is -0.224 e. The second-order valence-electron chi connectivity index (χ2n) is 3.26. The molecule has 0 N–H and O–H groups in total. The van der Waals surface area contributed by atoms with Crippen LogP contribution < -0.4 is 0 Å². The third-order valence-corrected chi connectivity index (χ3v) is 2.39. The van der Waals surface area contributed by atoms with E-state index in [4.69, 9.17) is 11.6 Å². The maximum Gasteiger partial charge on any atom is 0.160 e. The molecule has 0 saturated heterocycles. The van der Waals surface area contributed by atoms with E-state index in [1.165, 1.54) is 6.33 Å². The fourth-order valence-electron chi connectivity index (χ4n) is 1.39. The maximum absolute atomic E-state index is 5.82. The number of nitrogens with zero attached hydrogens (tertiary/aromatic N) is 5. The lowest BCUT2D eigenvalue weighted by Crippen LogP contribution is -2.04. The van der Waals surface area contributed by atoms with Gasteiger partial charge in [-0.05, 0) is 0 Å². The molecule has 0 aromatic carbocycles. The normalized spacial score (nSPS) is 10.7. The van der Waals surface area contributed by atoms with Crippen molar-refractivity contribution in [3.63, 3.8) is 0 Å². The van der Waals surface area contributed by atoms with Crippen LogP contribution in [-0.4, -0.2) is 24.7 Å². The summed E-state index contributed by atoms with van der Waals surface area (Å²) in [4.78, 5) is 12.4. The van der Waals surface area contributed by atoms with E-state index in [0.717, 1.165) is 24.5 Å². The molecule has 0 radical (unpaired) electrons. The van der Waals surface area contributed by atoms with E-state index in [1.807, 2.05) is 13.8 Å². The first-order chi connectivity index (χ1) is 7.74. The summed E-state index contributed by atoms with van der Waals surface area (Å²) in [6.07, 6.45) is 3.03. The van der Waals surface area contributed by atoms with E-state index in [0.29, 0.717) is 11.0 Å². The van der Waals surface area contributed by atoms with Crippen molar-refractivity contribution in [3.05, 3.63) is 29.2 Å². The van der Waals surface area contributed by atoms with Gasteiger partial charge in [0.1, 0.15) is 17.3 Å². The van der Waals surface area contributed by atoms with E-state index in [1.54, 1.807) is 10.7 Å².